The second kappa shape index (κ2) is 7.12. The molecule has 0 amide bonds. The molecule has 2 rings (SSSR count). The molecule has 116 valence electrons. The first kappa shape index (κ1) is 16.8. The lowest BCUT2D eigenvalue weighted by Gasteiger charge is -2.40. The van der Waals surface area contributed by atoms with Crippen LogP contribution in [-0.2, 0) is 6.54 Å². The zero-order valence-corrected chi connectivity index (χ0v) is 14.9. The Morgan fingerprint density at radius 1 is 1.29 bits per heavy atom. The van der Waals surface area contributed by atoms with E-state index in [-0.39, 0.29) is 4.75 Å². The van der Waals surface area contributed by atoms with Gasteiger partial charge in [-0.1, -0.05) is 50.3 Å². The summed E-state index contributed by atoms with van der Waals surface area (Å²) in [6.07, 6.45) is 4.25. The second-order valence-electron chi connectivity index (χ2n) is 6.24. The average Bonchev–Trinajstić information content (AvgIpc) is 2.48. The molecule has 1 saturated heterocycles. The molecular formula is C17H26N2S2. The van der Waals surface area contributed by atoms with Crippen LogP contribution in [0.15, 0.2) is 24.3 Å². The third-order valence-electron chi connectivity index (χ3n) is 4.56. The topological polar surface area (TPSA) is 29.3 Å². The first-order valence-electron chi connectivity index (χ1n) is 7.63. The van der Waals surface area contributed by atoms with E-state index >= 15 is 0 Å². The number of benzene rings is 1. The van der Waals surface area contributed by atoms with Crippen molar-refractivity contribution in [1.82, 2.24) is 4.90 Å². The highest BCUT2D eigenvalue weighted by Gasteiger charge is 2.36. The van der Waals surface area contributed by atoms with Crippen molar-refractivity contribution in [2.45, 2.75) is 43.9 Å². The largest absolute Gasteiger partial charge is 0.392 e. The number of hydrogen-bond donors (Lipinski definition) is 1. The van der Waals surface area contributed by atoms with Crippen molar-refractivity contribution in [1.29, 1.82) is 0 Å². The highest BCUT2D eigenvalue weighted by Crippen LogP contribution is 2.35. The number of nitrogens with zero attached hydrogens (tertiary/aromatic N) is 1. The normalized spacial score (nSPS) is 18.9. The molecular weight excluding hydrogens is 296 g/mol. The Bertz CT molecular complexity index is 474. The smallest absolute Gasteiger partial charge is 0.0891 e. The van der Waals surface area contributed by atoms with Gasteiger partial charge in [0.05, 0.1) is 9.74 Å². The minimum atomic E-state index is 0.0212. The molecule has 0 bridgehead atoms. The third kappa shape index (κ3) is 3.99. The van der Waals surface area contributed by atoms with Crippen LogP contribution in [0, 0.1) is 0 Å². The van der Waals surface area contributed by atoms with E-state index in [1.165, 1.54) is 11.1 Å². The van der Waals surface area contributed by atoms with Crippen molar-refractivity contribution in [2.24, 2.45) is 5.73 Å². The molecule has 0 atom stereocenters. The van der Waals surface area contributed by atoms with Crippen LogP contribution in [0.5, 0.6) is 0 Å². The molecule has 0 unspecified atom stereocenters. The van der Waals surface area contributed by atoms with Crippen molar-refractivity contribution in [3.63, 3.8) is 0 Å². The first-order valence-corrected chi connectivity index (χ1v) is 9.26. The zero-order valence-electron chi connectivity index (χ0n) is 13.3. The van der Waals surface area contributed by atoms with E-state index in [2.05, 4.69) is 49.3 Å². The summed E-state index contributed by atoms with van der Waals surface area (Å²) in [6, 6.07) is 9.04. The Kier molecular flexibility index (Phi) is 5.69. The van der Waals surface area contributed by atoms with Crippen LogP contribution in [0.1, 0.15) is 43.7 Å². The maximum Gasteiger partial charge on any atom is 0.0891 e. The fourth-order valence-corrected chi connectivity index (χ4v) is 4.14. The van der Waals surface area contributed by atoms with Crippen LogP contribution in [0.2, 0.25) is 0 Å². The molecule has 0 saturated carbocycles. The first-order chi connectivity index (χ1) is 9.97. The quantitative estimate of drug-likeness (QED) is 0.835. The molecule has 1 heterocycles. The number of piperidine rings is 1. The van der Waals surface area contributed by atoms with Crippen LogP contribution in [0.3, 0.4) is 0 Å². The minimum absolute atomic E-state index is 0.0212. The SMILES string of the molecule is CSC1(C(N)=S)CCN(Cc2ccc(C(C)C)cc2)CC1. The van der Waals surface area contributed by atoms with Gasteiger partial charge in [-0.05, 0) is 36.1 Å². The minimum Gasteiger partial charge on any atom is -0.392 e. The van der Waals surface area contributed by atoms with Gasteiger partial charge >= 0.3 is 0 Å². The van der Waals surface area contributed by atoms with E-state index in [1.807, 2.05) is 11.8 Å². The molecule has 0 radical (unpaired) electrons. The van der Waals surface area contributed by atoms with Crippen molar-refractivity contribution in [3.8, 4) is 0 Å². The van der Waals surface area contributed by atoms with Crippen molar-refractivity contribution in [3.05, 3.63) is 35.4 Å². The van der Waals surface area contributed by atoms with Gasteiger partial charge < -0.3 is 5.73 Å². The lowest BCUT2D eigenvalue weighted by molar-refractivity contribution is 0.212. The van der Waals surface area contributed by atoms with Crippen LogP contribution >= 0.6 is 24.0 Å². The molecule has 1 aromatic carbocycles. The van der Waals surface area contributed by atoms with Gasteiger partial charge in [0, 0.05) is 19.6 Å². The Hall–Kier alpha value is -0.580. The fourth-order valence-electron chi connectivity index (χ4n) is 2.89. The van der Waals surface area contributed by atoms with Gasteiger partial charge in [0.1, 0.15) is 0 Å². The molecule has 1 aliphatic heterocycles. The van der Waals surface area contributed by atoms with Crippen LogP contribution in [0.4, 0.5) is 0 Å². The highest BCUT2D eigenvalue weighted by molar-refractivity contribution is 8.02. The summed E-state index contributed by atoms with van der Waals surface area (Å²) in [5.74, 6) is 0.599. The van der Waals surface area contributed by atoms with Gasteiger partial charge in [-0.25, -0.2) is 0 Å². The Morgan fingerprint density at radius 2 is 1.86 bits per heavy atom. The van der Waals surface area contributed by atoms with Crippen molar-refractivity contribution in [2.75, 3.05) is 19.3 Å². The fraction of sp³-hybridized carbons (Fsp3) is 0.588. The van der Waals surface area contributed by atoms with Gasteiger partial charge in [-0.3, -0.25) is 4.90 Å². The lowest BCUT2D eigenvalue weighted by Crippen LogP contribution is -2.48. The molecule has 1 aromatic rings. The third-order valence-corrected chi connectivity index (χ3v) is 6.49. The molecule has 2 nitrogen and oxygen atoms in total. The summed E-state index contributed by atoms with van der Waals surface area (Å²) in [4.78, 5) is 3.19. The molecule has 0 aliphatic carbocycles. The average molecular weight is 323 g/mol. The van der Waals surface area contributed by atoms with Crippen molar-refractivity contribution >= 4 is 29.0 Å². The molecule has 4 heteroatoms. The molecule has 0 spiro atoms. The second-order valence-corrected chi connectivity index (χ2v) is 7.86. The van der Waals surface area contributed by atoms with Crippen molar-refractivity contribution < 1.29 is 0 Å². The van der Waals surface area contributed by atoms with Gasteiger partial charge in [0.2, 0.25) is 0 Å². The van der Waals surface area contributed by atoms with E-state index in [9.17, 15) is 0 Å². The lowest BCUT2D eigenvalue weighted by atomic mass is 9.95. The molecule has 2 N–H and O–H groups in total. The Morgan fingerprint density at radius 3 is 2.29 bits per heavy atom. The van der Waals surface area contributed by atoms with E-state index in [4.69, 9.17) is 18.0 Å². The standard InChI is InChI=1S/C17H26N2S2/c1-13(2)15-6-4-14(5-7-15)12-19-10-8-17(21-3,9-11-19)16(18)20/h4-7,13H,8-12H2,1-3H3,(H2,18,20). The number of rotatable bonds is 5. The van der Waals surface area contributed by atoms with E-state index in [0.717, 1.165) is 32.5 Å². The van der Waals surface area contributed by atoms with Crippen LogP contribution in [-0.4, -0.2) is 34.0 Å². The van der Waals surface area contributed by atoms with E-state index in [0.29, 0.717) is 10.9 Å². The van der Waals surface area contributed by atoms with Gasteiger partial charge in [-0.15, -0.1) is 0 Å². The summed E-state index contributed by atoms with van der Waals surface area (Å²) in [7, 11) is 0. The van der Waals surface area contributed by atoms with E-state index < -0.39 is 0 Å². The summed E-state index contributed by atoms with van der Waals surface area (Å²) in [5.41, 5.74) is 8.75. The Labute approximate surface area is 138 Å². The summed E-state index contributed by atoms with van der Waals surface area (Å²) >= 11 is 7.09. The summed E-state index contributed by atoms with van der Waals surface area (Å²) < 4.78 is 0.0212. The molecule has 0 aromatic heterocycles. The number of nitrogens with two attached hydrogens (primary N) is 1. The van der Waals surface area contributed by atoms with Gasteiger partial charge in [0.25, 0.3) is 0 Å². The predicted octanol–water partition coefficient (Wildman–Crippen LogP) is 3.79. The predicted molar refractivity (Wildman–Crippen MR) is 98.1 cm³/mol. The molecule has 1 aliphatic rings. The molecule has 21 heavy (non-hydrogen) atoms. The maximum absolute atomic E-state index is 5.95. The number of thiocarbonyl (C=S) groups is 1. The molecule has 1 fully saturated rings. The van der Waals surface area contributed by atoms with Gasteiger partial charge in [-0.2, -0.15) is 11.8 Å². The zero-order chi connectivity index (χ0) is 15.5. The van der Waals surface area contributed by atoms with Crippen LogP contribution in [0.25, 0.3) is 0 Å². The van der Waals surface area contributed by atoms with E-state index in [1.54, 1.807) is 0 Å². The van der Waals surface area contributed by atoms with Gasteiger partial charge in [0.15, 0.2) is 0 Å². The monoisotopic (exact) mass is 322 g/mol. The maximum atomic E-state index is 5.95. The summed E-state index contributed by atoms with van der Waals surface area (Å²) in [5, 5.41) is 0. The Balaban J connectivity index is 1.93. The number of thioether (sulfide) groups is 1. The number of hydrogen-bond acceptors (Lipinski definition) is 3. The highest BCUT2D eigenvalue weighted by atomic mass is 32.2. The van der Waals surface area contributed by atoms with Crippen LogP contribution < -0.4 is 5.73 Å². The number of likely N-dealkylation sites (tertiary alicyclic amines) is 1. The summed E-state index contributed by atoms with van der Waals surface area (Å²) in [6.45, 7) is 7.64.